The summed E-state index contributed by atoms with van der Waals surface area (Å²) < 4.78 is 23.1. The van der Waals surface area contributed by atoms with Crippen LogP contribution in [0.1, 0.15) is 49.4 Å². The number of nitrogens with one attached hydrogen (secondary N) is 1. The highest BCUT2D eigenvalue weighted by Crippen LogP contribution is 2.25. The number of benzene rings is 1. The third-order valence-corrected chi connectivity index (χ3v) is 7.90. The molecule has 6 nitrogen and oxygen atoms in total. The van der Waals surface area contributed by atoms with E-state index < -0.39 is 9.84 Å². The van der Waals surface area contributed by atoms with Gasteiger partial charge in [0.25, 0.3) is 5.91 Å². The van der Waals surface area contributed by atoms with Gasteiger partial charge < -0.3 is 10.2 Å². The van der Waals surface area contributed by atoms with Gasteiger partial charge in [0.2, 0.25) is 5.91 Å². The smallest absolute Gasteiger partial charge is 0.252 e. The maximum absolute atomic E-state index is 12.6. The van der Waals surface area contributed by atoms with E-state index in [0.29, 0.717) is 11.6 Å². The van der Waals surface area contributed by atoms with Gasteiger partial charge in [-0.1, -0.05) is 38.3 Å². The second kappa shape index (κ2) is 10.9. The van der Waals surface area contributed by atoms with Crippen LogP contribution in [0.25, 0.3) is 0 Å². The third-order valence-electron chi connectivity index (χ3n) is 5.14. The van der Waals surface area contributed by atoms with Gasteiger partial charge in [-0.05, 0) is 25.0 Å². The minimum absolute atomic E-state index is 0.0614. The lowest BCUT2D eigenvalue weighted by Gasteiger charge is -2.31. The molecule has 2 amide bonds. The first kappa shape index (κ1) is 22.7. The van der Waals surface area contributed by atoms with Crippen LogP contribution in [0.2, 0.25) is 0 Å². The van der Waals surface area contributed by atoms with E-state index in [4.69, 9.17) is 0 Å². The van der Waals surface area contributed by atoms with Crippen molar-refractivity contribution >= 4 is 33.4 Å². The van der Waals surface area contributed by atoms with Crippen LogP contribution in [-0.4, -0.2) is 62.0 Å². The summed E-state index contributed by atoms with van der Waals surface area (Å²) in [6, 6.07) is 7.42. The maximum Gasteiger partial charge on any atom is 0.252 e. The molecule has 1 saturated carbocycles. The number of carbonyl (C=O) groups is 2. The molecule has 0 atom stereocenters. The molecule has 1 aromatic rings. The standard InChI is InChI=1S/C20H30N2O4S2/c1-3-28(25,26)14-13-21-20(24)17-11-7-8-12-18(17)27-15-19(23)22(2)16-9-5-4-6-10-16/h7-8,11-12,16H,3-6,9-10,13-15H2,1-2H3,(H,21,24). The minimum atomic E-state index is -3.12. The number of carbonyl (C=O) groups excluding carboxylic acids is 2. The summed E-state index contributed by atoms with van der Waals surface area (Å²) >= 11 is 1.35. The number of hydrogen-bond acceptors (Lipinski definition) is 5. The fraction of sp³-hybridized carbons (Fsp3) is 0.600. The molecule has 1 fully saturated rings. The Labute approximate surface area is 172 Å². The van der Waals surface area contributed by atoms with Gasteiger partial charge in [-0.2, -0.15) is 0 Å². The Morgan fingerprint density at radius 3 is 2.54 bits per heavy atom. The maximum atomic E-state index is 12.6. The second-order valence-electron chi connectivity index (χ2n) is 7.07. The van der Waals surface area contributed by atoms with Crippen LogP contribution in [0.4, 0.5) is 0 Å². The van der Waals surface area contributed by atoms with Crippen molar-refractivity contribution < 1.29 is 18.0 Å². The monoisotopic (exact) mass is 426 g/mol. The van der Waals surface area contributed by atoms with Gasteiger partial charge in [0.15, 0.2) is 9.84 Å². The number of sulfone groups is 1. The van der Waals surface area contributed by atoms with Crippen LogP contribution >= 0.6 is 11.8 Å². The largest absolute Gasteiger partial charge is 0.351 e. The molecule has 0 spiro atoms. The predicted molar refractivity (Wildman–Crippen MR) is 113 cm³/mol. The zero-order chi connectivity index (χ0) is 20.6. The molecule has 8 heteroatoms. The first-order valence-corrected chi connectivity index (χ1v) is 12.6. The molecule has 0 aliphatic heterocycles. The van der Waals surface area contributed by atoms with Crippen LogP contribution in [0.3, 0.4) is 0 Å². The molecule has 1 aliphatic carbocycles. The van der Waals surface area contributed by atoms with Crippen molar-refractivity contribution in [3.05, 3.63) is 29.8 Å². The van der Waals surface area contributed by atoms with Gasteiger partial charge in [-0.15, -0.1) is 11.8 Å². The van der Waals surface area contributed by atoms with Crippen molar-refractivity contribution in [2.75, 3.05) is 30.9 Å². The molecule has 1 aliphatic rings. The number of amides is 2. The molecule has 0 aromatic heterocycles. The molecule has 0 heterocycles. The van der Waals surface area contributed by atoms with Crippen molar-refractivity contribution in [2.45, 2.75) is 50.0 Å². The highest BCUT2D eigenvalue weighted by atomic mass is 32.2. The highest BCUT2D eigenvalue weighted by molar-refractivity contribution is 8.00. The van der Waals surface area contributed by atoms with Gasteiger partial charge in [0.05, 0.1) is 17.1 Å². The zero-order valence-electron chi connectivity index (χ0n) is 16.6. The number of rotatable bonds is 9. The summed E-state index contributed by atoms with van der Waals surface area (Å²) in [7, 11) is -1.25. The van der Waals surface area contributed by atoms with E-state index in [1.54, 1.807) is 19.1 Å². The molecule has 1 aromatic carbocycles. The second-order valence-corrected chi connectivity index (χ2v) is 10.6. The first-order chi connectivity index (χ1) is 13.3. The number of thioether (sulfide) groups is 1. The number of nitrogens with zero attached hydrogens (tertiary/aromatic N) is 1. The Kier molecular flexibility index (Phi) is 8.82. The highest BCUT2D eigenvalue weighted by Gasteiger charge is 2.22. The van der Waals surface area contributed by atoms with E-state index in [-0.39, 0.29) is 35.6 Å². The molecule has 0 bridgehead atoms. The average molecular weight is 427 g/mol. The molecule has 28 heavy (non-hydrogen) atoms. The first-order valence-electron chi connectivity index (χ1n) is 9.80. The molecular weight excluding hydrogens is 396 g/mol. The Bertz CT molecular complexity index is 774. The zero-order valence-corrected chi connectivity index (χ0v) is 18.3. The van der Waals surface area contributed by atoms with Gasteiger partial charge in [-0.25, -0.2) is 8.42 Å². The molecular formula is C20H30N2O4S2. The fourth-order valence-corrected chi connectivity index (χ4v) is 4.93. The molecule has 0 saturated heterocycles. The summed E-state index contributed by atoms with van der Waals surface area (Å²) in [5, 5.41) is 2.67. The quantitative estimate of drug-likeness (QED) is 0.614. The third kappa shape index (κ3) is 6.81. The SMILES string of the molecule is CCS(=O)(=O)CCNC(=O)c1ccccc1SCC(=O)N(C)C1CCCCC1. The minimum Gasteiger partial charge on any atom is -0.351 e. The molecule has 0 radical (unpaired) electrons. The van der Waals surface area contributed by atoms with Crippen molar-refractivity contribution in [3.63, 3.8) is 0 Å². The lowest BCUT2D eigenvalue weighted by atomic mass is 9.94. The summed E-state index contributed by atoms with van der Waals surface area (Å²) in [5.74, 6) is 0.0199. The molecule has 1 N–H and O–H groups in total. The van der Waals surface area contributed by atoms with Gasteiger partial charge in [0, 0.05) is 30.3 Å². The lowest BCUT2D eigenvalue weighted by molar-refractivity contribution is -0.129. The topological polar surface area (TPSA) is 83.5 Å². The van der Waals surface area contributed by atoms with Gasteiger partial charge >= 0.3 is 0 Å². The van der Waals surface area contributed by atoms with E-state index in [1.807, 2.05) is 24.1 Å². The summed E-state index contributed by atoms with van der Waals surface area (Å²) in [6.07, 6.45) is 5.72. The summed E-state index contributed by atoms with van der Waals surface area (Å²) in [5.41, 5.74) is 0.467. The Hall–Kier alpha value is -1.54. The van der Waals surface area contributed by atoms with Crippen LogP contribution in [-0.2, 0) is 14.6 Å². The predicted octanol–water partition coefficient (Wildman–Crippen LogP) is 2.73. The lowest BCUT2D eigenvalue weighted by Crippen LogP contribution is -2.39. The van der Waals surface area contributed by atoms with E-state index in [9.17, 15) is 18.0 Å². The van der Waals surface area contributed by atoms with Crippen molar-refractivity contribution in [1.82, 2.24) is 10.2 Å². The van der Waals surface area contributed by atoms with Crippen molar-refractivity contribution in [3.8, 4) is 0 Å². The van der Waals surface area contributed by atoms with Crippen LogP contribution < -0.4 is 5.32 Å². The van der Waals surface area contributed by atoms with Crippen LogP contribution in [0, 0.1) is 0 Å². The van der Waals surface area contributed by atoms with E-state index in [0.717, 1.165) is 17.7 Å². The normalized spacial score (nSPS) is 15.2. The molecule has 0 unspecified atom stereocenters. The van der Waals surface area contributed by atoms with Gasteiger partial charge in [-0.3, -0.25) is 9.59 Å². The van der Waals surface area contributed by atoms with E-state index in [1.165, 1.54) is 31.0 Å². The average Bonchev–Trinajstić information content (AvgIpc) is 2.72. The van der Waals surface area contributed by atoms with Crippen molar-refractivity contribution in [1.29, 1.82) is 0 Å². The molecule has 2 rings (SSSR count). The summed E-state index contributed by atoms with van der Waals surface area (Å²) in [4.78, 5) is 27.6. The van der Waals surface area contributed by atoms with E-state index in [2.05, 4.69) is 5.32 Å². The summed E-state index contributed by atoms with van der Waals surface area (Å²) in [6.45, 7) is 1.67. The van der Waals surface area contributed by atoms with Crippen LogP contribution in [0.5, 0.6) is 0 Å². The Balaban J connectivity index is 1.92. The molecule has 156 valence electrons. The fourth-order valence-electron chi connectivity index (χ4n) is 3.25. The van der Waals surface area contributed by atoms with Gasteiger partial charge in [0.1, 0.15) is 0 Å². The Morgan fingerprint density at radius 2 is 1.86 bits per heavy atom. The Morgan fingerprint density at radius 1 is 1.18 bits per heavy atom. The van der Waals surface area contributed by atoms with Crippen LogP contribution in [0.15, 0.2) is 29.2 Å². The van der Waals surface area contributed by atoms with E-state index >= 15 is 0 Å². The number of hydrogen-bond donors (Lipinski definition) is 1. The van der Waals surface area contributed by atoms with Crippen molar-refractivity contribution in [2.24, 2.45) is 0 Å².